The fourth-order valence-corrected chi connectivity index (χ4v) is 2.19. The molecule has 0 unspecified atom stereocenters. The first kappa shape index (κ1) is 12.5. The van der Waals surface area contributed by atoms with E-state index >= 15 is 0 Å². The van der Waals surface area contributed by atoms with Crippen molar-refractivity contribution >= 4 is 0 Å². The lowest BCUT2D eigenvalue weighted by molar-refractivity contribution is 0.106. The van der Waals surface area contributed by atoms with Gasteiger partial charge in [-0.25, -0.2) is 4.39 Å². The molecule has 0 radical (unpaired) electrons. The number of benzene rings is 1. The lowest BCUT2D eigenvalue weighted by Crippen LogP contribution is -2.34. The number of rotatable bonds is 5. The fraction of sp³-hybridized carbons (Fsp3) is 0.571. The van der Waals surface area contributed by atoms with Crippen LogP contribution < -0.4 is 5.32 Å². The predicted molar refractivity (Wildman–Crippen MR) is 66.3 cm³/mol. The Balaban J connectivity index is 1.64. The van der Waals surface area contributed by atoms with E-state index in [1.807, 2.05) is 6.07 Å². The summed E-state index contributed by atoms with van der Waals surface area (Å²) in [6.07, 6.45) is 4.86. The van der Waals surface area contributed by atoms with Gasteiger partial charge in [0.15, 0.2) is 0 Å². The van der Waals surface area contributed by atoms with E-state index in [2.05, 4.69) is 5.32 Å². The van der Waals surface area contributed by atoms with E-state index in [-0.39, 0.29) is 5.82 Å². The predicted octanol–water partition coefficient (Wildman–Crippen LogP) is 2.87. The highest BCUT2D eigenvalue weighted by molar-refractivity contribution is 5.16. The van der Waals surface area contributed by atoms with Crippen molar-refractivity contribution in [2.75, 3.05) is 13.2 Å². The summed E-state index contributed by atoms with van der Waals surface area (Å²) in [5, 5.41) is 3.48. The van der Waals surface area contributed by atoms with Crippen LogP contribution >= 0.6 is 0 Å². The van der Waals surface area contributed by atoms with Gasteiger partial charge < -0.3 is 10.1 Å². The molecule has 17 heavy (non-hydrogen) atoms. The Bertz CT molecular complexity index is 337. The minimum atomic E-state index is -0.178. The topological polar surface area (TPSA) is 21.3 Å². The zero-order valence-electron chi connectivity index (χ0n) is 10.1. The molecule has 0 bridgehead atoms. The van der Waals surface area contributed by atoms with Gasteiger partial charge in [-0.15, -0.1) is 0 Å². The van der Waals surface area contributed by atoms with Gasteiger partial charge in [-0.05, 0) is 31.9 Å². The lowest BCUT2D eigenvalue weighted by atomic mass is 10.0. The Kier molecular flexibility index (Phi) is 4.95. The van der Waals surface area contributed by atoms with Crippen molar-refractivity contribution in [3.05, 3.63) is 35.6 Å². The van der Waals surface area contributed by atoms with Gasteiger partial charge in [0, 0.05) is 18.2 Å². The molecule has 2 rings (SSSR count). The zero-order chi connectivity index (χ0) is 11.9. The van der Waals surface area contributed by atoms with Crippen molar-refractivity contribution in [1.29, 1.82) is 0 Å². The van der Waals surface area contributed by atoms with Gasteiger partial charge in [-0.2, -0.15) is 0 Å². The highest BCUT2D eigenvalue weighted by Crippen LogP contribution is 2.11. The molecule has 0 aliphatic carbocycles. The van der Waals surface area contributed by atoms with E-state index in [0.29, 0.717) is 24.8 Å². The van der Waals surface area contributed by atoms with Crippen LogP contribution in [0.3, 0.4) is 0 Å². The van der Waals surface area contributed by atoms with Gasteiger partial charge in [-0.3, -0.25) is 0 Å². The van der Waals surface area contributed by atoms with Crippen LogP contribution in [0.1, 0.15) is 31.2 Å². The fourth-order valence-electron chi connectivity index (χ4n) is 2.19. The first-order chi connectivity index (χ1) is 8.36. The number of ether oxygens (including phenoxy) is 1. The normalized spacial score (nSPS) is 20.4. The Hall–Kier alpha value is -0.930. The largest absolute Gasteiger partial charge is 0.377 e. The van der Waals surface area contributed by atoms with Crippen LogP contribution in [0.15, 0.2) is 24.3 Å². The van der Waals surface area contributed by atoms with Crippen LogP contribution in [-0.4, -0.2) is 19.2 Å². The van der Waals surface area contributed by atoms with Crippen LogP contribution in [0.4, 0.5) is 4.39 Å². The van der Waals surface area contributed by atoms with Gasteiger partial charge in [0.2, 0.25) is 0 Å². The lowest BCUT2D eigenvalue weighted by Gasteiger charge is -2.23. The van der Waals surface area contributed by atoms with E-state index < -0.39 is 0 Å². The second kappa shape index (κ2) is 6.72. The monoisotopic (exact) mass is 237 g/mol. The van der Waals surface area contributed by atoms with Crippen molar-refractivity contribution in [3.8, 4) is 0 Å². The van der Waals surface area contributed by atoms with Gasteiger partial charge >= 0.3 is 0 Å². The third kappa shape index (κ3) is 4.10. The molecule has 1 aromatic rings. The second-order valence-corrected chi connectivity index (χ2v) is 4.58. The maximum Gasteiger partial charge on any atom is 0.128 e. The summed E-state index contributed by atoms with van der Waals surface area (Å²) >= 11 is 0. The summed E-state index contributed by atoms with van der Waals surface area (Å²) in [6.45, 7) is 2.20. The van der Waals surface area contributed by atoms with Gasteiger partial charge in [-0.1, -0.05) is 24.6 Å². The maximum absolute atomic E-state index is 13.3. The molecular formula is C14H20FNO. The molecule has 0 aromatic heterocycles. The molecule has 0 amide bonds. The summed E-state index contributed by atoms with van der Waals surface area (Å²) in [7, 11) is 0. The van der Waals surface area contributed by atoms with E-state index in [0.717, 1.165) is 13.0 Å². The minimum Gasteiger partial charge on any atom is -0.377 e. The summed E-state index contributed by atoms with van der Waals surface area (Å²) in [5.74, 6) is -0.178. The van der Waals surface area contributed by atoms with Crippen molar-refractivity contribution in [3.63, 3.8) is 0 Å². The molecule has 1 aliphatic heterocycles. The molecule has 3 heteroatoms. The Labute approximate surface area is 102 Å². The molecule has 94 valence electrons. The molecule has 2 nitrogen and oxygen atoms in total. The quantitative estimate of drug-likeness (QED) is 0.795. The van der Waals surface area contributed by atoms with Gasteiger partial charge in [0.25, 0.3) is 0 Å². The Morgan fingerprint density at radius 1 is 1.29 bits per heavy atom. The van der Waals surface area contributed by atoms with Crippen LogP contribution in [0, 0.1) is 5.82 Å². The van der Waals surface area contributed by atoms with Gasteiger partial charge in [0.05, 0.1) is 6.61 Å². The summed E-state index contributed by atoms with van der Waals surface area (Å²) < 4.78 is 18.8. The average Bonchev–Trinajstić information content (AvgIpc) is 2.38. The molecule has 1 N–H and O–H groups in total. The SMILES string of the molecule is Fc1ccccc1COCC[C@H]1CCCCN1. The molecule has 1 atom stereocenters. The van der Waals surface area contributed by atoms with Crippen LogP contribution in [0.5, 0.6) is 0 Å². The van der Waals surface area contributed by atoms with Crippen molar-refractivity contribution in [2.45, 2.75) is 38.3 Å². The van der Waals surface area contributed by atoms with Crippen LogP contribution in [-0.2, 0) is 11.3 Å². The van der Waals surface area contributed by atoms with Crippen molar-refractivity contribution in [2.24, 2.45) is 0 Å². The van der Waals surface area contributed by atoms with Crippen molar-refractivity contribution in [1.82, 2.24) is 5.32 Å². The van der Waals surface area contributed by atoms with E-state index in [1.165, 1.54) is 25.3 Å². The number of nitrogens with one attached hydrogen (secondary N) is 1. The second-order valence-electron chi connectivity index (χ2n) is 4.58. The smallest absolute Gasteiger partial charge is 0.128 e. The van der Waals surface area contributed by atoms with Crippen LogP contribution in [0.25, 0.3) is 0 Å². The highest BCUT2D eigenvalue weighted by Gasteiger charge is 2.11. The average molecular weight is 237 g/mol. The van der Waals surface area contributed by atoms with E-state index in [9.17, 15) is 4.39 Å². The summed E-state index contributed by atoms with van der Waals surface area (Å²) in [4.78, 5) is 0. The molecular weight excluding hydrogens is 217 g/mol. The minimum absolute atomic E-state index is 0.178. The molecule has 0 saturated carbocycles. The molecule has 1 saturated heterocycles. The van der Waals surface area contributed by atoms with E-state index in [1.54, 1.807) is 12.1 Å². The first-order valence-corrected chi connectivity index (χ1v) is 6.41. The number of hydrogen-bond acceptors (Lipinski definition) is 2. The zero-order valence-corrected chi connectivity index (χ0v) is 10.1. The number of hydrogen-bond donors (Lipinski definition) is 1. The standard InChI is InChI=1S/C14H20FNO/c15-14-7-2-1-5-12(14)11-17-10-8-13-6-3-4-9-16-13/h1-2,5,7,13,16H,3-4,6,8-11H2/t13-/m1/s1. The molecule has 1 aliphatic rings. The van der Waals surface area contributed by atoms with Gasteiger partial charge in [0.1, 0.15) is 5.82 Å². The molecule has 1 aromatic carbocycles. The Morgan fingerprint density at radius 3 is 2.94 bits per heavy atom. The van der Waals surface area contributed by atoms with E-state index in [4.69, 9.17) is 4.74 Å². The molecule has 0 spiro atoms. The van der Waals surface area contributed by atoms with Crippen molar-refractivity contribution < 1.29 is 9.13 Å². The summed E-state index contributed by atoms with van der Waals surface area (Å²) in [6, 6.07) is 7.37. The number of piperidine rings is 1. The summed E-state index contributed by atoms with van der Waals surface area (Å²) in [5.41, 5.74) is 0.643. The Morgan fingerprint density at radius 2 is 2.18 bits per heavy atom. The molecule has 1 heterocycles. The first-order valence-electron chi connectivity index (χ1n) is 6.41. The highest BCUT2D eigenvalue weighted by atomic mass is 19.1. The third-order valence-electron chi connectivity index (χ3n) is 3.24. The van der Waals surface area contributed by atoms with Crippen LogP contribution in [0.2, 0.25) is 0 Å². The maximum atomic E-state index is 13.3. The third-order valence-corrected chi connectivity index (χ3v) is 3.24. The number of halogens is 1. The molecule has 1 fully saturated rings.